The van der Waals surface area contributed by atoms with E-state index in [1.165, 1.54) is 11.3 Å². The summed E-state index contributed by atoms with van der Waals surface area (Å²) in [4.78, 5) is 36.2. The smallest absolute Gasteiger partial charge is 0.264 e. The highest BCUT2D eigenvalue weighted by Gasteiger charge is 2.24. The third kappa shape index (κ3) is 6.14. The second-order valence-corrected chi connectivity index (χ2v) is 11.0. The third-order valence-corrected chi connectivity index (χ3v) is 8.03. The van der Waals surface area contributed by atoms with Gasteiger partial charge in [0.2, 0.25) is 5.91 Å². The summed E-state index contributed by atoms with van der Waals surface area (Å²) in [6.07, 6.45) is 3.53. The molecule has 0 saturated carbocycles. The first-order valence-corrected chi connectivity index (χ1v) is 13.8. The molecule has 1 aliphatic heterocycles. The van der Waals surface area contributed by atoms with Crippen molar-refractivity contribution in [2.24, 2.45) is 0 Å². The lowest BCUT2D eigenvalue weighted by Gasteiger charge is -2.36. The van der Waals surface area contributed by atoms with Gasteiger partial charge in [-0.05, 0) is 54.1 Å². The number of carbonyl (C=O) groups is 2. The summed E-state index contributed by atoms with van der Waals surface area (Å²) >= 11 is 7.30. The lowest BCUT2D eigenvalue weighted by Crippen LogP contribution is -2.48. The molecule has 5 rings (SSSR count). The molecule has 10 heteroatoms. The van der Waals surface area contributed by atoms with E-state index in [2.05, 4.69) is 16.0 Å². The Morgan fingerprint density at radius 2 is 1.74 bits per heavy atom. The van der Waals surface area contributed by atoms with E-state index >= 15 is 0 Å². The van der Waals surface area contributed by atoms with Crippen LogP contribution in [0.25, 0.3) is 0 Å². The van der Waals surface area contributed by atoms with Gasteiger partial charge in [-0.2, -0.15) is 5.26 Å². The summed E-state index contributed by atoms with van der Waals surface area (Å²) in [6.45, 7) is 5.28. The van der Waals surface area contributed by atoms with Crippen LogP contribution in [0.5, 0.6) is 0 Å². The number of hydrogen-bond acceptors (Lipinski definition) is 6. The van der Waals surface area contributed by atoms with E-state index in [0.29, 0.717) is 41.0 Å². The number of amides is 2. The van der Waals surface area contributed by atoms with E-state index in [-0.39, 0.29) is 11.8 Å². The molecule has 1 fully saturated rings. The van der Waals surface area contributed by atoms with Crippen LogP contribution in [0.2, 0.25) is 4.34 Å². The molecular formula is C29H27ClN6O2S. The lowest BCUT2D eigenvalue weighted by molar-refractivity contribution is -0.116. The number of nitrogens with zero attached hydrogens (tertiary/aromatic N) is 6. The van der Waals surface area contributed by atoms with Gasteiger partial charge in [-0.3, -0.25) is 9.59 Å². The first kappa shape index (κ1) is 26.5. The SMILES string of the molecule is CC(=O)N(Cc1cncn1Cc1ccc(C#N)cc1)c1ccc(N2CCN(C(=O)c3ccc(Cl)s3)CC2)cc1. The van der Waals surface area contributed by atoms with Crippen LogP contribution in [-0.2, 0) is 17.9 Å². The molecule has 0 radical (unpaired) electrons. The van der Waals surface area contributed by atoms with Crippen molar-refractivity contribution in [2.75, 3.05) is 36.0 Å². The Kier molecular flexibility index (Phi) is 7.96. The number of anilines is 2. The maximum atomic E-state index is 12.7. The average Bonchev–Trinajstić information content (AvgIpc) is 3.60. The highest BCUT2D eigenvalue weighted by molar-refractivity contribution is 7.17. The molecular weight excluding hydrogens is 532 g/mol. The summed E-state index contributed by atoms with van der Waals surface area (Å²) in [6, 6.07) is 21.1. The minimum atomic E-state index is -0.0605. The molecule has 2 aromatic carbocycles. The lowest BCUT2D eigenvalue weighted by atomic mass is 10.1. The van der Waals surface area contributed by atoms with Crippen molar-refractivity contribution in [3.8, 4) is 6.07 Å². The standard InChI is InChI=1S/C29H27ClN6O2S/c1-21(37)36(19-26-17-32-20-35(26)18-23-4-2-22(16-31)3-5-23)25-8-6-24(7-9-25)33-12-14-34(15-13-33)29(38)27-10-11-28(30)39-27/h2-11,17,20H,12-15,18-19H2,1H3. The van der Waals surface area contributed by atoms with Crippen molar-refractivity contribution in [1.82, 2.24) is 14.5 Å². The summed E-state index contributed by atoms with van der Waals surface area (Å²) < 4.78 is 2.63. The molecule has 1 saturated heterocycles. The van der Waals surface area contributed by atoms with Gasteiger partial charge in [0, 0.05) is 57.2 Å². The van der Waals surface area contributed by atoms with Gasteiger partial charge >= 0.3 is 0 Å². The Hall–Kier alpha value is -4.13. The largest absolute Gasteiger partial charge is 0.368 e. The van der Waals surface area contributed by atoms with E-state index in [1.54, 1.807) is 48.6 Å². The molecule has 0 spiro atoms. The molecule has 198 valence electrons. The summed E-state index contributed by atoms with van der Waals surface area (Å²) in [5.41, 5.74) is 4.44. The molecule has 39 heavy (non-hydrogen) atoms. The Labute approximate surface area is 236 Å². The Balaban J connectivity index is 1.22. The van der Waals surface area contributed by atoms with E-state index in [1.807, 2.05) is 45.9 Å². The number of benzene rings is 2. The minimum absolute atomic E-state index is 0.0254. The Bertz CT molecular complexity index is 1500. The molecule has 8 nitrogen and oxygen atoms in total. The predicted molar refractivity (Wildman–Crippen MR) is 153 cm³/mol. The van der Waals surface area contributed by atoms with Gasteiger partial charge in [0.05, 0.1) is 39.4 Å². The maximum absolute atomic E-state index is 12.7. The van der Waals surface area contributed by atoms with E-state index in [4.69, 9.17) is 16.9 Å². The molecule has 0 aliphatic carbocycles. The number of rotatable bonds is 7. The van der Waals surface area contributed by atoms with Gasteiger partial charge < -0.3 is 19.3 Å². The zero-order valence-electron chi connectivity index (χ0n) is 21.5. The van der Waals surface area contributed by atoms with Gasteiger partial charge in [-0.25, -0.2) is 4.98 Å². The third-order valence-electron chi connectivity index (χ3n) is 6.81. The molecule has 0 unspecified atom stereocenters. The van der Waals surface area contributed by atoms with Crippen LogP contribution in [0, 0.1) is 11.3 Å². The van der Waals surface area contributed by atoms with Crippen molar-refractivity contribution in [3.05, 3.63) is 99.2 Å². The van der Waals surface area contributed by atoms with Gasteiger partial charge in [-0.1, -0.05) is 23.7 Å². The van der Waals surface area contributed by atoms with Crippen LogP contribution in [0.4, 0.5) is 11.4 Å². The molecule has 2 amide bonds. The molecule has 0 N–H and O–H groups in total. The highest BCUT2D eigenvalue weighted by atomic mass is 35.5. The maximum Gasteiger partial charge on any atom is 0.264 e. The van der Waals surface area contributed by atoms with E-state index in [9.17, 15) is 9.59 Å². The van der Waals surface area contributed by atoms with Crippen LogP contribution in [0.3, 0.4) is 0 Å². The zero-order valence-corrected chi connectivity index (χ0v) is 23.0. The molecule has 0 bridgehead atoms. The molecule has 1 aliphatic rings. The van der Waals surface area contributed by atoms with Crippen molar-refractivity contribution in [1.29, 1.82) is 5.26 Å². The molecule has 2 aromatic heterocycles. The summed E-state index contributed by atoms with van der Waals surface area (Å²) in [7, 11) is 0. The number of nitriles is 1. The fraction of sp³-hybridized carbons (Fsp3) is 0.241. The number of carbonyl (C=O) groups excluding carboxylic acids is 2. The number of hydrogen-bond donors (Lipinski definition) is 0. The number of imidazole rings is 1. The monoisotopic (exact) mass is 558 g/mol. The number of piperazine rings is 1. The van der Waals surface area contributed by atoms with Crippen LogP contribution < -0.4 is 9.80 Å². The second-order valence-electron chi connectivity index (χ2n) is 9.33. The van der Waals surface area contributed by atoms with Crippen LogP contribution in [-0.4, -0.2) is 52.4 Å². The fourth-order valence-corrected chi connectivity index (χ4v) is 5.66. The van der Waals surface area contributed by atoms with Gasteiger partial charge in [0.15, 0.2) is 0 Å². The normalized spacial score (nSPS) is 13.3. The number of thiophene rings is 1. The zero-order chi connectivity index (χ0) is 27.4. The Morgan fingerprint density at radius 3 is 2.36 bits per heavy atom. The quantitative estimate of drug-likeness (QED) is 0.317. The number of halogens is 1. The highest BCUT2D eigenvalue weighted by Crippen LogP contribution is 2.26. The van der Waals surface area contributed by atoms with Crippen molar-refractivity contribution >= 4 is 46.1 Å². The van der Waals surface area contributed by atoms with Crippen molar-refractivity contribution in [2.45, 2.75) is 20.0 Å². The number of aromatic nitrogens is 2. The van der Waals surface area contributed by atoms with Gasteiger partial charge in [-0.15, -0.1) is 11.3 Å². The molecule has 4 aromatic rings. The van der Waals surface area contributed by atoms with Crippen molar-refractivity contribution < 1.29 is 9.59 Å². The van der Waals surface area contributed by atoms with E-state index in [0.717, 1.165) is 35.7 Å². The molecule has 0 atom stereocenters. The average molecular weight is 559 g/mol. The first-order chi connectivity index (χ1) is 18.9. The predicted octanol–water partition coefficient (Wildman–Crippen LogP) is 5.03. The van der Waals surface area contributed by atoms with Crippen LogP contribution in [0.15, 0.2) is 73.2 Å². The van der Waals surface area contributed by atoms with Crippen LogP contribution >= 0.6 is 22.9 Å². The molecule has 3 heterocycles. The summed E-state index contributed by atoms with van der Waals surface area (Å²) in [5, 5.41) is 9.03. The van der Waals surface area contributed by atoms with Crippen molar-refractivity contribution in [3.63, 3.8) is 0 Å². The fourth-order valence-electron chi connectivity index (χ4n) is 4.65. The first-order valence-electron chi connectivity index (χ1n) is 12.6. The summed E-state index contributed by atoms with van der Waals surface area (Å²) in [5.74, 6) is -0.0351. The van der Waals surface area contributed by atoms with Gasteiger partial charge in [0.25, 0.3) is 5.91 Å². The van der Waals surface area contributed by atoms with Crippen LogP contribution in [0.1, 0.15) is 33.4 Å². The topological polar surface area (TPSA) is 85.5 Å². The second kappa shape index (κ2) is 11.7. The van der Waals surface area contributed by atoms with E-state index < -0.39 is 0 Å². The minimum Gasteiger partial charge on any atom is -0.368 e. The van der Waals surface area contributed by atoms with Gasteiger partial charge in [0.1, 0.15) is 0 Å². The Morgan fingerprint density at radius 1 is 1.03 bits per heavy atom.